The normalized spacial score (nSPS) is 17.8. The second kappa shape index (κ2) is 5.09. The molecular weight excluding hydrogens is 278 g/mol. The van der Waals surface area contributed by atoms with E-state index in [9.17, 15) is 14.7 Å². The summed E-state index contributed by atoms with van der Waals surface area (Å²) >= 11 is 1.55. The maximum absolute atomic E-state index is 12.3. The van der Waals surface area contributed by atoms with Crippen LogP contribution in [0.1, 0.15) is 16.5 Å². The number of amides is 1. The summed E-state index contributed by atoms with van der Waals surface area (Å²) in [5.74, 6) is -1.21. The van der Waals surface area contributed by atoms with Crippen LogP contribution in [-0.4, -0.2) is 38.2 Å². The Hall–Kier alpha value is -2.15. The summed E-state index contributed by atoms with van der Waals surface area (Å²) in [5, 5.41) is 15.3. The highest BCUT2D eigenvalue weighted by Crippen LogP contribution is 2.33. The summed E-state index contributed by atoms with van der Waals surface area (Å²) in [6.07, 6.45) is 3.99. The van der Waals surface area contributed by atoms with Gasteiger partial charge in [0.25, 0.3) is 0 Å². The zero-order valence-electron chi connectivity index (χ0n) is 10.6. The number of carboxylic acids is 1. The highest BCUT2D eigenvalue weighted by molar-refractivity contribution is 7.10. The predicted octanol–water partition coefficient (Wildman–Crippen LogP) is 1.16. The molecule has 20 heavy (non-hydrogen) atoms. The summed E-state index contributed by atoms with van der Waals surface area (Å²) in [6, 6.07) is 2.65. The maximum atomic E-state index is 12.3. The third kappa shape index (κ3) is 2.20. The van der Waals surface area contributed by atoms with Crippen molar-refractivity contribution in [2.24, 2.45) is 0 Å². The molecule has 1 atom stereocenters. The van der Waals surface area contributed by atoms with Crippen LogP contribution in [0.15, 0.2) is 29.9 Å². The summed E-state index contributed by atoms with van der Waals surface area (Å²) in [4.78, 5) is 26.3. The average molecular weight is 291 g/mol. The van der Waals surface area contributed by atoms with Crippen LogP contribution in [0.5, 0.6) is 0 Å². The molecule has 2 aromatic rings. The van der Waals surface area contributed by atoms with Crippen LogP contribution in [0.3, 0.4) is 0 Å². The van der Waals surface area contributed by atoms with Crippen LogP contribution < -0.4 is 0 Å². The molecule has 0 fully saturated rings. The topological polar surface area (TPSA) is 75.4 Å². The van der Waals surface area contributed by atoms with Crippen molar-refractivity contribution in [1.29, 1.82) is 0 Å². The van der Waals surface area contributed by atoms with E-state index in [1.54, 1.807) is 35.9 Å². The van der Waals surface area contributed by atoms with E-state index >= 15 is 0 Å². The molecule has 0 aliphatic carbocycles. The van der Waals surface area contributed by atoms with Gasteiger partial charge in [0, 0.05) is 23.8 Å². The molecule has 7 heteroatoms. The van der Waals surface area contributed by atoms with Crippen molar-refractivity contribution in [3.05, 3.63) is 40.3 Å². The quantitative estimate of drug-likeness (QED) is 0.920. The Labute approximate surface area is 119 Å². The van der Waals surface area contributed by atoms with Gasteiger partial charge in [-0.15, -0.1) is 11.3 Å². The number of aromatic nitrogens is 2. The zero-order valence-corrected chi connectivity index (χ0v) is 11.4. The molecule has 0 spiro atoms. The van der Waals surface area contributed by atoms with E-state index < -0.39 is 12.0 Å². The molecule has 3 heterocycles. The van der Waals surface area contributed by atoms with Crippen molar-refractivity contribution in [3.8, 4) is 0 Å². The third-order valence-corrected chi connectivity index (χ3v) is 4.37. The lowest BCUT2D eigenvalue weighted by atomic mass is 10.00. The maximum Gasteiger partial charge on any atom is 0.331 e. The highest BCUT2D eigenvalue weighted by Gasteiger charge is 2.36. The van der Waals surface area contributed by atoms with Gasteiger partial charge in [-0.1, -0.05) is 0 Å². The molecule has 0 bridgehead atoms. The number of thiophene rings is 1. The molecule has 1 N–H and O–H groups in total. The second-order valence-corrected chi connectivity index (χ2v) is 5.58. The minimum Gasteiger partial charge on any atom is -0.479 e. The first-order valence-corrected chi connectivity index (χ1v) is 7.11. The summed E-state index contributed by atoms with van der Waals surface area (Å²) in [7, 11) is 0. The van der Waals surface area contributed by atoms with Gasteiger partial charge in [-0.3, -0.25) is 9.48 Å². The summed E-state index contributed by atoms with van der Waals surface area (Å²) in [6.45, 7) is 0.501. The van der Waals surface area contributed by atoms with E-state index in [1.165, 1.54) is 9.58 Å². The van der Waals surface area contributed by atoms with Crippen molar-refractivity contribution >= 4 is 23.2 Å². The fraction of sp³-hybridized carbons (Fsp3) is 0.308. The fourth-order valence-electron chi connectivity index (χ4n) is 2.47. The van der Waals surface area contributed by atoms with Crippen LogP contribution in [-0.2, 0) is 22.6 Å². The monoisotopic (exact) mass is 291 g/mol. The molecule has 0 saturated carbocycles. The predicted molar refractivity (Wildman–Crippen MR) is 72.3 cm³/mol. The van der Waals surface area contributed by atoms with E-state index in [1.807, 2.05) is 5.38 Å². The number of carbonyl (C=O) groups excluding carboxylic acids is 1. The lowest BCUT2D eigenvalue weighted by Gasteiger charge is -2.33. The molecule has 1 amide bonds. The number of aliphatic carboxylic acids is 1. The standard InChI is InChI=1S/C13H13N3O3S/c17-11(8-15-5-1-4-14-15)16-6-2-10-9(3-7-20-10)12(16)13(18)19/h1,3-5,7,12H,2,6,8H2,(H,18,19). The SMILES string of the molecule is O=C(O)C1c2ccsc2CCN1C(=O)Cn1cccn1. The van der Waals surface area contributed by atoms with Gasteiger partial charge in [0.15, 0.2) is 6.04 Å². The van der Waals surface area contributed by atoms with Gasteiger partial charge in [-0.25, -0.2) is 4.79 Å². The van der Waals surface area contributed by atoms with E-state index in [-0.39, 0.29) is 12.5 Å². The van der Waals surface area contributed by atoms with Crippen LogP contribution in [0.2, 0.25) is 0 Å². The van der Waals surface area contributed by atoms with Gasteiger partial charge in [-0.2, -0.15) is 5.10 Å². The molecule has 0 aromatic carbocycles. The molecule has 1 aliphatic heterocycles. The van der Waals surface area contributed by atoms with Crippen LogP contribution in [0, 0.1) is 0 Å². The van der Waals surface area contributed by atoms with Crippen LogP contribution in [0.4, 0.5) is 0 Å². The molecule has 1 unspecified atom stereocenters. The summed E-state index contributed by atoms with van der Waals surface area (Å²) < 4.78 is 1.50. The highest BCUT2D eigenvalue weighted by atomic mass is 32.1. The second-order valence-electron chi connectivity index (χ2n) is 4.58. The van der Waals surface area contributed by atoms with Gasteiger partial charge in [0.1, 0.15) is 6.54 Å². The van der Waals surface area contributed by atoms with E-state index in [0.717, 1.165) is 10.4 Å². The first-order chi connectivity index (χ1) is 9.66. The smallest absolute Gasteiger partial charge is 0.331 e. The Balaban J connectivity index is 1.85. The third-order valence-electron chi connectivity index (χ3n) is 3.38. The van der Waals surface area contributed by atoms with Crippen LogP contribution in [0.25, 0.3) is 0 Å². The molecule has 1 aliphatic rings. The molecule has 104 valence electrons. The van der Waals surface area contributed by atoms with Crippen LogP contribution >= 0.6 is 11.3 Å². The largest absolute Gasteiger partial charge is 0.479 e. The van der Waals surface area contributed by atoms with E-state index in [2.05, 4.69) is 5.10 Å². The minimum atomic E-state index is -0.988. The number of hydrogen-bond donors (Lipinski definition) is 1. The Morgan fingerprint density at radius 3 is 3.05 bits per heavy atom. The molecule has 3 rings (SSSR count). The number of hydrogen-bond acceptors (Lipinski definition) is 4. The fourth-order valence-corrected chi connectivity index (χ4v) is 3.38. The Kier molecular flexibility index (Phi) is 3.27. The van der Waals surface area contributed by atoms with Crippen molar-refractivity contribution in [2.45, 2.75) is 19.0 Å². The van der Waals surface area contributed by atoms with Crippen molar-refractivity contribution in [3.63, 3.8) is 0 Å². The van der Waals surface area contributed by atoms with Gasteiger partial charge in [0.2, 0.25) is 5.91 Å². The van der Waals surface area contributed by atoms with Crippen molar-refractivity contribution < 1.29 is 14.7 Å². The average Bonchev–Trinajstić information content (AvgIpc) is 3.06. The van der Waals surface area contributed by atoms with E-state index in [0.29, 0.717) is 13.0 Å². The Bertz CT molecular complexity index is 635. The van der Waals surface area contributed by atoms with Gasteiger partial charge < -0.3 is 10.0 Å². The van der Waals surface area contributed by atoms with Crippen molar-refractivity contribution in [2.75, 3.05) is 6.54 Å². The molecule has 6 nitrogen and oxygen atoms in total. The number of rotatable bonds is 3. The Morgan fingerprint density at radius 2 is 2.35 bits per heavy atom. The van der Waals surface area contributed by atoms with Gasteiger partial charge in [-0.05, 0) is 29.5 Å². The summed E-state index contributed by atoms with van der Waals surface area (Å²) in [5.41, 5.74) is 0.738. The molecular formula is C13H13N3O3S. The Morgan fingerprint density at radius 1 is 1.50 bits per heavy atom. The lowest BCUT2D eigenvalue weighted by molar-refractivity contribution is -0.151. The van der Waals surface area contributed by atoms with E-state index in [4.69, 9.17) is 0 Å². The molecule has 0 radical (unpaired) electrons. The number of carboxylic acid groups (broad SMARTS) is 1. The minimum absolute atomic E-state index is 0.0657. The zero-order chi connectivity index (χ0) is 14.1. The molecule has 2 aromatic heterocycles. The number of nitrogens with zero attached hydrogens (tertiary/aromatic N) is 3. The number of carbonyl (C=O) groups is 2. The van der Waals surface area contributed by atoms with Gasteiger partial charge >= 0.3 is 5.97 Å². The lowest BCUT2D eigenvalue weighted by Crippen LogP contribution is -2.44. The number of fused-ring (bicyclic) bond motifs is 1. The molecule has 0 saturated heterocycles. The van der Waals surface area contributed by atoms with Gasteiger partial charge in [0.05, 0.1) is 0 Å². The van der Waals surface area contributed by atoms with Crippen molar-refractivity contribution in [1.82, 2.24) is 14.7 Å². The first-order valence-electron chi connectivity index (χ1n) is 6.23. The first kappa shape index (κ1) is 12.9.